The second-order valence-electron chi connectivity index (χ2n) is 9.13. The second-order valence-corrected chi connectivity index (χ2v) is 11.7. The molecule has 0 saturated heterocycles. The first-order valence-electron chi connectivity index (χ1n) is 12.0. The Labute approximate surface area is 225 Å². The van der Waals surface area contributed by atoms with Crippen molar-refractivity contribution < 1.29 is 0 Å². The van der Waals surface area contributed by atoms with Gasteiger partial charge in [0.05, 0.1) is 5.69 Å². The van der Waals surface area contributed by atoms with Gasteiger partial charge < -0.3 is 0 Å². The van der Waals surface area contributed by atoms with Gasteiger partial charge in [0, 0.05) is 51.8 Å². The third kappa shape index (κ3) is 3.23. The number of fused-ring (bicyclic) bond motifs is 8. The predicted octanol–water partition coefficient (Wildman–Crippen LogP) is 10.4. The molecule has 0 spiro atoms. The zero-order valence-electron chi connectivity index (χ0n) is 19.4. The van der Waals surface area contributed by atoms with E-state index >= 15 is 0 Å². The van der Waals surface area contributed by atoms with Crippen LogP contribution in [0, 0.1) is 0 Å². The fraction of sp³-hybridized carbons (Fsp3) is 0. The third-order valence-electron chi connectivity index (χ3n) is 6.97. The van der Waals surface area contributed by atoms with E-state index in [0.29, 0.717) is 0 Å². The highest BCUT2D eigenvalue weighted by Crippen LogP contribution is 2.44. The number of nitrogens with zero attached hydrogens (tertiary/aromatic N) is 2. The van der Waals surface area contributed by atoms with Gasteiger partial charge in [-0.25, -0.2) is 9.97 Å². The van der Waals surface area contributed by atoms with Crippen molar-refractivity contribution in [2.24, 2.45) is 0 Å². The molecule has 0 aliphatic heterocycles. The number of rotatable bonds is 2. The van der Waals surface area contributed by atoms with Gasteiger partial charge in [0.25, 0.3) is 0 Å². The Morgan fingerprint density at radius 2 is 1.27 bits per heavy atom. The Morgan fingerprint density at radius 1 is 0.541 bits per heavy atom. The Kier molecular flexibility index (Phi) is 4.65. The topological polar surface area (TPSA) is 25.8 Å². The van der Waals surface area contributed by atoms with E-state index < -0.39 is 0 Å². The minimum absolute atomic E-state index is 0.756. The Bertz CT molecular complexity index is 2160. The zero-order chi connectivity index (χ0) is 24.5. The van der Waals surface area contributed by atoms with E-state index in [9.17, 15) is 0 Å². The van der Waals surface area contributed by atoms with Crippen molar-refractivity contribution in [3.8, 4) is 22.6 Å². The van der Waals surface area contributed by atoms with Crippen LogP contribution in [0.15, 0.2) is 103 Å². The highest BCUT2D eigenvalue weighted by Gasteiger charge is 2.19. The molecule has 174 valence electrons. The lowest BCUT2D eigenvalue weighted by molar-refractivity contribution is 1.25. The molecule has 0 fully saturated rings. The summed E-state index contributed by atoms with van der Waals surface area (Å²) in [5.41, 5.74) is 3.13. The van der Waals surface area contributed by atoms with Gasteiger partial charge in [0.2, 0.25) is 0 Å². The lowest BCUT2D eigenvalue weighted by Gasteiger charge is -2.11. The predicted molar refractivity (Wildman–Crippen MR) is 161 cm³/mol. The standard InChI is InChI=1S/C32H17ClN2S2/c33-19-14-15-26-24(16-19)28-21-11-5-4-10-20(21)23(17-27(28)36-26)31-34-30(18-8-2-1-3-9-18)29-22-12-6-7-13-25(22)37-32(29)35-31/h1-17H. The van der Waals surface area contributed by atoms with Gasteiger partial charge in [0.15, 0.2) is 5.82 Å². The monoisotopic (exact) mass is 528 g/mol. The van der Waals surface area contributed by atoms with E-state index in [1.54, 1.807) is 22.7 Å². The summed E-state index contributed by atoms with van der Waals surface area (Å²) in [5.74, 6) is 0.756. The quantitative estimate of drug-likeness (QED) is 0.223. The summed E-state index contributed by atoms with van der Waals surface area (Å²) in [6, 6.07) is 36.0. The molecule has 0 radical (unpaired) electrons. The van der Waals surface area contributed by atoms with Crippen molar-refractivity contribution in [1.29, 1.82) is 0 Å². The molecule has 37 heavy (non-hydrogen) atoms. The Hall–Kier alpha value is -3.83. The normalized spacial score (nSPS) is 11.9. The average molecular weight is 529 g/mol. The first kappa shape index (κ1) is 21.3. The van der Waals surface area contributed by atoms with Gasteiger partial charge in [-0.2, -0.15) is 0 Å². The van der Waals surface area contributed by atoms with E-state index in [1.165, 1.54) is 35.6 Å². The van der Waals surface area contributed by atoms with Gasteiger partial charge in [-0.15, -0.1) is 22.7 Å². The van der Waals surface area contributed by atoms with E-state index in [-0.39, 0.29) is 0 Å². The summed E-state index contributed by atoms with van der Waals surface area (Å²) < 4.78 is 3.67. The molecule has 3 aromatic heterocycles. The summed E-state index contributed by atoms with van der Waals surface area (Å²) in [5, 5.41) is 7.87. The van der Waals surface area contributed by atoms with Crippen molar-refractivity contribution in [3.05, 3.63) is 108 Å². The molecular weight excluding hydrogens is 512 g/mol. The lowest BCUT2D eigenvalue weighted by atomic mass is 9.98. The molecule has 3 heterocycles. The van der Waals surface area contributed by atoms with Crippen molar-refractivity contribution in [1.82, 2.24) is 9.97 Å². The molecule has 0 amide bonds. The molecule has 8 rings (SSSR count). The average Bonchev–Trinajstić information content (AvgIpc) is 3.50. The van der Waals surface area contributed by atoms with Crippen molar-refractivity contribution in [3.63, 3.8) is 0 Å². The van der Waals surface area contributed by atoms with E-state index in [1.807, 2.05) is 12.1 Å². The SMILES string of the molecule is Clc1ccc2sc3cc(-c4nc(-c5ccccc5)c5c(n4)sc4ccccc45)c4ccccc4c3c2c1. The molecule has 8 aromatic rings. The lowest BCUT2D eigenvalue weighted by Crippen LogP contribution is -1.94. The zero-order valence-corrected chi connectivity index (χ0v) is 21.8. The molecule has 0 unspecified atom stereocenters. The van der Waals surface area contributed by atoms with Crippen molar-refractivity contribution in [2.75, 3.05) is 0 Å². The van der Waals surface area contributed by atoms with Crippen LogP contribution in [-0.2, 0) is 0 Å². The van der Waals surface area contributed by atoms with Gasteiger partial charge >= 0.3 is 0 Å². The van der Waals surface area contributed by atoms with Crippen LogP contribution in [0.4, 0.5) is 0 Å². The third-order valence-corrected chi connectivity index (χ3v) is 9.38. The van der Waals surface area contributed by atoms with Gasteiger partial charge in [-0.1, -0.05) is 84.4 Å². The molecule has 0 N–H and O–H groups in total. The van der Waals surface area contributed by atoms with Crippen LogP contribution >= 0.6 is 34.3 Å². The number of halogens is 1. The fourth-order valence-electron chi connectivity index (χ4n) is 5.35. The van der Waals surface area contributed by atoms with Crippen LogP contribution in [-0.4, -0.2) is 9.97 Å². The number of aromatic nitrogens is 2. The van der Waals surface area contributed by atoms with Crippen LogP contribution in [0.1, 0.15) is 0 Å². The molecule has 0 aliphatic rings. The fourth-order valence-corrected chi connectivity index (χ4v) is 7.74. The summed E-state index contributed by atoms with van der Waals surface area (Å²) >= 11 is 9.93. The van der Waals surface area contributed by atoms with Crippen LogP contribution < -0.4 is 0 Å². The van der Waals surface area contributed by atoms with Gasteiger partial charge in [-0.05, 0) is 41.1 Å². The number of hydrogen-bond donors (Lipinski definition) is 0. The van der Waals surface area contributed by atoms with Crippen LogP contribution in [0.5, 0.6) is 0 Å². The number of hydrogen-bond acceptors (Lipinski definition) is 4. The molecular formula is C32H17ClN2S2. The number of benzene rings is 5. The minimum Gasteiger partial charge on any atom is -0.227 e. The maximum atomic E-state index is 6.40. The Morgan fingerprint density at radius 3 is 2.14 bits per heavy atom. The molecule has 0 saturated carbocycles. The maximum absolute atomic E-state index is 6.40. The molecule has 0 bridgehead atoms. The summed E-state index contributed by atoms with van der Waals surface area (Å²) in [7, 11) is 0. The minimum atomic E-state index is 0.756. The van der Waals surface area contributed by atoms with Crippen molar-refractivity contribution >= 4 is 85.5 Å². The van der Waals surface area contributed by atoms with Crippen LogP contribution in [0.2, 0.25) is 5.02 Å². The summed E-state index contributed by atoms with van der Waals surface area (Å²) in [6.07, 6.45) is 0. The van der Waals surface area contributed by atoms with Crippen LogP contribution in [0.25, 0.3) is 73.9 Å². The van der Waals surface area contributed by atoms with E-state index in [4.69, 9.17) is 21.6 Å². The second kappa shape index (κ2) is 8.09. The summed E-state index contributed by atoms with van der Waals surface area (Å²) in [6.45, 7) is 0. The molecule has 5 heteroatoms. The van der Waals surface area contributed by atoms with Gasteiger partial charge in [0.1, 0.15) is 4.83 Å². The van der Waals surface area contributed by atoms with E-state index in [2.05, 4.69) is 91.0 Å². The molecule has 5 aromatic carbocycles. The molecule has 0 aliphatic carbocycles. The highest BCUT2D eigenvalue weighted by atomic mass is 35.5. The Balaban J connectivity index is 1.51. The maximum Gasteiger partial charge on any atom is 0.162 e. The van der Waals surface area contributed by atoms with Crippen molar-refractivity contribution in [2.45, 2.75) is 0 Å². The van der Waals surface area contributed by atoms with Gasteiger partial charge in [-0.3, -0.25) is 0 Å². The van der Waals surface area contributed by atoms with Crippen LogP contribution in [0.3, 0.4) is 0 Å². The molecule has 2 nitrogen and oxygen atoms in total. The molecule has 0 atom stereocenters. The first-order chi connectivity index (χ1) is 18.2. The first-order valence-corrected chi connectivity index (χ1v) is 14.0. The largest absolute Gasteiger partial charge is 0.227 e. The van der Waals surface area contributed by atoms with E-state index in [0.717, 1.165) is 43.3 Å². The number of thiophene rings is 2. The summed E-state index contributed by atoms with van der Waals surface area (Å²) in [4.78, 5) is 11.5. The smallest absolute Gasteiger partial charge is 0.162 e. The highest BCUT2D eigenvalue weighted by molar-refractivity contribution is 7.26.